The van der Waals surface area contributed by atoms with Crippen LogP contribution in [-0.4, -0.2) is 6.29 Å². The second kappa shape index (κ2) is 4.67. The molecular formula is C15H11BrO2. The predicted octanol–water partition coefficient (Wildman–Crippen LogP) is 3.81. The van der Waals surface area contributed by atoms with Gasteiger partial charge in [-0.1, -0.05) is 52.3 Å². The minimum Gasteiger partial charge on any atom is -0.353 e. The number of hydrogen-bond acceptors (Lipinski definition) is 2. The maximum absolute atomic E-state index is 11.1. The molecule has 3 rings (SSSR count). The molecule has 0 saturated carbocycles. The number of benzene rings is 2. The van der Waals surface area contributed by atoms with Crippen LogP contribution in [0.4, 0.5) is 0 Å². The summed E-state index contributed by atoms with van der Waals surface area (Å²) in [5.41, 5.74) is 3.09. The van der Waals surface area contributed by atoms with Crippen molar-refractivity contribution in [1.82, 2.24) is 0 Å². The molecule has 2 unspecified atom stereocenters. The summed E-state index contributed by atoms with van der Waals surface area (Å²) < 4.78 is 6.83. The van der Waals surface area contributed by atoms with Crippen molar-refractivity contribution >= 4 is 22.2 Å². The highest BCUT2D eigenvalue weighted by atomic mass is 79.9. The minimum absolute atomic E-state index is 0.158. The van der Waals surface area contributed by atoms with Gasteiger partial charge >= 0.3 is 0 Å². The number of ether oxygens (including phenoxy) is 1. The molecule has 0 amide bonds. The molecule has 1 aliphatic heterocycles. The van der Waals surface area contributed by atoms with Crippen molar-refractivity contribution in [2.45, 2.75) is 12.2 Å². The van der Waals surface area contributed by atoms with E-state index in [1.165, 1.54) is 0 Å². The Balaban J connectivity index is 2.10. The van der Waals surface area contributed by atoms with Gasteiger partial charge in [-0.2, -0.15) is 0 Å². The lowest BCUT2D eigenvalue weighted by Gasteiger charge is -2.12. The summed E-state index contributed by atoms with van der Waals surface area (Å²) in [5.74, 6) is 0. The minimum atomic E-state index is -0.460. The van der Waals surface area contributed by atoms with Crippen molar-refractivity contribution in [1.29, 1.82) is 0 Å². The van der Waals surface area contributed by atoms with Gasteiger partial charge in [0.15, 0.2) is 6.29 Å². The molecular weight excluding hydrogens is 292 g/mol. The van der Waals surface area contributed by atoms with Gasteiger partial charge in [0, 0.05) is 4.47 Å². The zero-order valence-corrected chi connectivity index (χ0v) is 11.1. The first-order valence-electron chi connectivity index (χ1n) is 5.74. The summed E-state index contributed by atoms with van der Waals surface area (Å²) in [6.07, 6.45) is 0.238. The van der Waals surface area contributed by atoms with E-state index >= 15 is 0 Å². The van der Waals surface area contributed by atoms with Crippen LogP contribution in [0, 0.1) is 0 Å². The fraction of sp³-hybridized carbons (Fsp3) is 0.133. The standard InChI is InChI=1S/C15H11BrO2/c16-11-6-7-12-13(8-11)15(18-14(12)9-17)10-4-2-1-3-5-10/h1-9,14-15H. The third-order valence-corrected chi connectivity index (χ3v) is 3.64. The molecule has 0 bridgehead atoms. The molecule has 0 saturated heterocycles. The van der Waals surface area contributed by atoms with Crippen molar-refractivity contribution in [3.8, 4) is 0 Å². The molecule has 0 radical (unpaired) electrons. The van der Waals surface area contributed by atoms with Gasteiger partial charge < -0.3 is 9.53 Å². The Morgan fingerprint density at radius 3 is 2.56 bits per heavy atom. The van der Waals surface area contributed by atoms with Crippen LogP contribution in [-0.2, 0) is 9.53 Å². The molecule has 90 valence electrons. The van der Waals surface area contributed by atoms with E-state index < -0.39 is 6.10 Å². The van der Waals surface area contributed by atoms with E-state index in [0.29, 0.717) is 0 Å². The van der Waals surface area contributed by atoms with Gasteiger partial charge in [-0.15, -0.1) is 0 Å². The highest BCUT2D eigenvalue weighted by Crippen LogP contribution is 2.42. The van der Waals surface area contributed by atoms with Gasteiger partial charge in [0.1, 0.15) is 12.2 Å². The maximum Gasteiger partial charge on any atom is 0.153 e. The van der Waals surface area contributed by atoms with E-state index in [-0.39, 0.29) is 6.10 Å². The molecule has 0 aromatic heterocycles. The Kier molecular flexibility index (Phi) is 3.02. The van der Waals surface area contributed by atoms with Crippen LogP contribution in [0.5, 0.6) is 0 Å². The molecule has 2 nitrogen and oxygen atoms in total. The fourth-order valence-electron chi connectivity index (χ4n) is 2.32. The van der Waals surface area contributed by atoms with Gasteiger partial charge in [0.05, 0.1) is 0 Å². The lowest BCUT2D eigenvalue weighted by molar-refractivity contribution is -0.118. The van der Waals surface area contributed by atoms with Crippen LogP contribution in [0.2, 0.25) is 0 Å². The van der Waals surface area contributed by atoms with E-state index in [0.717, 1.165) is 27.4 Å². The molecule has 2 atom stereocenters. The number of aldehydes is 1. The highest BCUT2D eigenvalue weighted by Gasteiger charge is 2.32. The number of halogens is 1. The summed E-state index contributed by atoms with van der Waals surface area (Å²) >= 11 is 3.46. The zero-order valence-electron chi connectivity index (χ0n) is 9.55. The van der Waals surface area contributed by atoms with Crippen LogP contribution in [0.25, 0.3) is 0 Å². The van der Waals surface area contributed by atoms with Crippen LogP contribution in [0.15, 0.2) is 53.0 Å². The Morgan fingerprint density at radius 2 is 1.83 bits per heavy atom. The normalized spacial score (nSPS) is 21.6. The Hall–Kier alpha value is -1.45. The summed E-state index contributed by atoms with van der Waals surface area (Å²) in [7, 11) is 0. The van der Waals surface area contributed by atoms with Gasteiger partial charge in [-0.05, 0) is 28.8 Å². The summed E-state index contributed by atoms with van der Waals surface area (Å²) in [6, 6.07) is 15.9. The lowest BCUT2D eigenvalue weighted by Crippen LogP contribution is -2.00. The SMILES string of the molecule is O=CC1OC(c2ccccc2)c2cc(Br)ccc21. The van der Waals surface area contributed by atoms with Crippen LogP contribution >= 0.6 is 15.9 Å². The number of hydrogen-bond donors (Lipinski definition) is 0. The van der Waals surface area contributed by atoms with Crippen molar-refractivity contribution in [3.05, 3.63) is 69.7 Å². The summed E-state index contributed by atoms with van der Waals surface area (Å²) in [6.45, 7) is 0. The maximum atomic E-state index is 11.1. The van der Waals surface area contributed by atoms with Crippen molar-refractivity contribution < 1.29 is 9.53 Å². The average Bonchev–Trinajstić information content (AvgIpc) is 2.77. The van der Waals surface area contributed by atoms with E-state index in [1.54, 1.807) is 0 Å². The fourth-order valence-corrected chi connectivity index (χ4v) is 2.70. The second-order valence-corrected chi connectivity index (χ2v) is 5.17. The predicted molar refractivity (Wildman–Crippen MR) is 72.3 cm³/mol. The van der Waals surface area contributed by atoms with Crippen LogP contribution in [0.3, 0.4) is 0 Å². The van der Waals surface area contributed by atoms with Gasteiger partial charge in [-0.3, -0.25) is 0 Å². The molecule has 2 aromatic rings. The van der Waals surface area contributed by atoms with Gasteiger partial charge in [-0.25, -0.2) is 0 Å². The zero-order chi connectivity index (χ0) is 12.5. The van der Waals surface area contributed by atoms with Gasteiger partial charge in [0.25, 0.3) is 0 Å². The van der Waals surface area contributed by atoms with Crippen molar-refractivity contribution in [2.75, 3.05) is 0 Å². The number of carbonyl (C=O) groups is 1. The first-order chi connectivity index (χ1) is 8.79. The van der Waals surface area contributed by atoms with E-state index in [9.17, 15) is 4.79 Å². The number of carbonyl (C=O) groups excluding carboxylic acids is 1. The van der Waals surface area contributed by atoms with Crippen LogP contribution in [0.1, 0.15) is 28.9 Å². The third kappa shape index (κ3) is 1.89. The smallest absolute Gasteiger partial charge is 0.153 e. The van der Waals surface area contributed by atoms with E-state index in [1.807, 2.05) is 48.5 Å². The van der Waals surface area contributed by atoms with Gasteiger partial charge in [0.2, 0.25) is 0 Å². The third-order valence-electron chi connectivity index (χ3n) is 3.15. The molecule has 0 N–H and O–H groups in total. The van der Waals surface area contributed by atoms with Crippen LogP contribution < -0.4 is 0 Å². The van der Waals surface area contributed by atoms with E-state index in [4.69, 9.17) is 4.74 Å². The second-order valence-electron chi connectivity index (χ2n) is 4.26. The van der Waals surface area contributed by atoms with Crippen molar-refractivity contribution in [2.24, 2.45) is 0 Å². The molecule has 1 aliphatic rings. The summed E-state index contributed by atoms with van der Waals surface area (Å²) in [4.78, 5) is 11.1. The monoisotopic (exact) mass is 302 g/mol. The molecule has 18 heavy (non-hydrogen) atoms. The Labute approximate surface area is 114 Å². The van der Waals surface area contributed by atoms with Crippen molar-refractivity contribution in [3.63, 3.8) is 0 Å². The average molecular weight is 303 g/mol. The Morgan fingerprint density at radius 1 is 1.06 bits per heavy atom. The first kappa shape index (κ1) is 11.6. The molecule has 0 aliphatic carbocycles. The lowest BCUT2D eigenvalue weighted by atomic mass is 9.98. The summed E-state index contributed by atoms with van der Waals surface area (Å²) in [5, 5.41) is 0. The number of fused-ring (bicyclic) bond motifs is 1. The first-order valence-corrected chi connectivity index (χ1v) is 6.54. The highest BCUT2D eigenvalue weighted by molar-refractivity contribution is 9.10. The quantitative estimate of drug-likeness (QED) is 0.789. The molecule has 1 heterocycles. The molecule has 0 spiro atoms. The molecule has 0 fully saturated rings. The largest absolute Gasteiger partial charge is 0.353 e. The molecule has 3 heteroatoms. The van der Waals surface area contributed by atoms with E-state index in [2.05, 4.69) is 15.9 Å². The molecule has 2 aromatic carbocycles. The Bertz CT molecular complexity index is 580. The number of rotatable bonds is 2. The topological polar surface area (TPSA) is 26.3 Å².